The van der Waals surface area contributed by atoms with E-state index in [0.717, 1.165) is 6.07 Å². The van der Waals surface area contributed by atoms with E-state index in [1.165, 1.54) is 34.4 Å². The van der Waals surface area contributed by atoms with E-state index in [1.807, 2.05) is 0 Å². The van der Waals surface area contributed by atoms with E-state index in [9.17, 15) is 19.1 Å². The fourth-order valence-corrected chi connectivity index (χ4v) is 3.02. The summed E-state index contributed by atoms with van der Waals surface area (Å²) in [6, 6.07) is 5.30. The number of thiazole rings is 1. The monoisotopic (exact) mass is 347 g/mol. The Bertz CT molecular complexity index is 924. The van der Waals surface area contributed by atoms with Gasteiger partial charge in [0.25, 0.3) is 5.91 Å². The summed E-state index contributed by atoms with van der Waals surface area (Å²) < 4.78 is 13.9. The number of aromatic nitrogens is 2. The molecule has 0 atom stereocenters. The van der Waals surface area contributed by atoms with Crippen LogP contribution in [0.1, 0.15) is 15.5 Å². The third-order valence-corrected chi connectivity index (χ3v) is 4.28. The number of hydrogen-bond donors (Lipinski definition) is 2. The molecule has 0 radical (unpaired) electrons. The summed E-state index contributed by atoms with van der Waals surface area (Å²) in [4.78, 5) is 33.0. The van der Waals surface area contributed by atoms with Gasteiger partial charge in [0.15, 0.2) is 5.43 Å². The number of aliphatic hydroxyl groups excluding tert-OH is 1. The Hall–Kier alpha value is -2.58. The minimum absolute atomic E-state index is 0.00783. The fourth-order valence-electron chi connectivity index (χ4n) is 2.39. The lowest BCUT2D eigenvalue weighted by Crippen LogP contribution is -2.34. The molecule has 124 valence electrons. The van der Waals surface area contributed by atoms with E-state index in [2.05, 4.69) is 9.97 Å². The summed E-state index contributed by atoms with van der Waals surface area (Å²) in [7, 11) is 0. The van der Waals surface area contributed by atoms with E-state index in [4.69, 9.17) is 0 Å². The Morgan fingerprint density at radius 3 is 2.96 bits per heavy atom. The van der Waals surface area contributed by atoms with Crippen molar-refractivity contribution in [3.63, 3.8) is 0 Å². The number of carbonyl (C=O) groups excluding carboxylic acids is 1. The Labute approximate surface area is 140 Å². The molecule has 6 nitrogen and oxygen atoms in total. The van der Waals surface area contributed by atoms with E-state index < -0.39 is 17.2 Å². The average Bonchev–Trinajstić information content (AvgIpc) is 3.08. The zero-order valence-corrected chi connectivity index (χ0v) is 13.3. The fraction of sp³-hybridized carbons (Fsp3) is 0.188. The summed E-state index contributed by atoms with van der Waals surface area (Å²) in [5, 5.41) is 11.9. The maximum atomic E-state index is 13.9. The first kappa shape index (κ1) is 16.3. The molecule has 1 amide bonds. The number of rotatable bonds is 5. The van der Waals surface area contributed by atoms with Gasteiger partial charge in [-0.3, -0.25) is 9.59 Å². The molecule has 0 saturated carbocycles. The molecule has 2 N–H and O–H groups in total. The van der Waals surface area contributed by atoms with Crippen LogP contribution < -0.4 is 5.43 Å². The summed E-state index contributed by atoms with van der Waals surface area (Å²) in [6.07, 6.45) is 1.62. The van der Waals surface area contributed by atoms with Crippen LogP contribution in [0.2, 0.25) is 0 Å². The zero-order chi connectivity index (χ0) is 17.1. The molecule has 0 aliphatic heterocycles. The molecule has 3 rings (SSSR count). The molecule has 0 bridgehead atoms. The number of nitrogens with zero attached hydrogens (tertiary/aromatic N) is 2. The maximum Gasteiger partial charge on any atom is 0.270 e. The third kappa shape index (κ3) is 3.19. The van der Waals surface area contributed by atoms with Crippen molar-refractivity contribution >= 4 is 28.1 Å². The summed E-state index contributed by atoms with van der Waals surface area (Å²) in [5.74, 6) is -1.10. The Morgan fingerprint density at radius 1 is 1.42 bits per heavy atom. The normalized spacial score (nSPS) is 10.9. The van der Waals surface area contributed by atoms with Gasteiger partial charge in [0.1, 0.15) is 16.5 Å². The van der Waals surface area contributed by atoms with Crippen LogP contribution >= 0.6 is 11.3 Å². The Balaban J connectivity index is 1.99. The largest absolute Gasteiger partial charge is 0.395 e. The number of nitrogens with one attached hydrogen (secondary N) is 1. The number of aliphatic hydroxyl groups is 1. The van der Waals surface area contributed by atoms with E-state index in [0.29, 0.717) is 5.01 Å². The smallest absolute Gasteiger partial charge is 0.270 e. The van der Waals surface area contributed by atoms with Gasteiger partial charge in [-0.05, 0) is 12.1 Å². The molecule has 0 fully saturated rings. The van der Waals surface area contributed by atoms with Gasteiger partial charge in [-0.25, -0.2) is 9.37 Å². The number of pyridine rings is 1. The second-order valence-electron chi connectivity index (χ2n) is 5.09. The van der Waals surface area contributed by atoms with Crippen LogP contribution in [0.15, 0.2) is 40.6 Å². The van der Waals surface area contributed by atoms with Crippen molar-refractivity contribution in [2.24, 2.45) is 0 Å². The predicted octanol–water partition coefficient (Wildman–Crippen LogP) is 1.76. The van der Waals surface area contributed by atoms with Gasteiger partial charge in [-0.2, -0.15) is 0 Å². The number of amides is 1. The van der Waals surface area contributed by atoms with E-state index in [-0.39, 0.29) is 36.3 Å². The standard InChI is InChI=1S/C16H14FN3O3S/c17-11-3-1-2-10-13(22)8-12(19-15(10)11)16(23)20(5-6-21)9-14-18-4-7-24-14/h1-4,7-8,21H,5-6,9H2,(H,19,22). The van der Waals surface area contributed by atoms with Gasteiger partial charge < -0.3 is 15.0 Å². The maximum absolute atomic E-state index is 13.9. The highest BCUT2D eigenvalue weighted by Gasteiger charge is 2.19. The van der Waals surface area contributed by atoms with Crippen molar-refractivity contribution < 1.29 is 14.3 Å². The van der Waals surface area contributed by atoms with Gasteiger partial charge in [0.2, 0.25) is 0 Å². The number of benzene rings is 1. The van der Waals surface area contributed by atoms with E-state index in [1.54, 1.807) is 11.6 Å². The Kier molecular flexibility index (Phi) is 4.68. The summed E-state index contributed by atoms with van der Waals surface area (Å²) in [5.41, 5.74) is -0.473. The molecule has 1 aromatic carbocycles. The van der Waals surface area contributed by atoms with Crippen LogP contribution in [-0.4, -0.2) is 39.0 Å². The van der Waals surface area contributed by atoms with Crippen LogP contribution in [0.25, 0.3) is 10.9 Å². The first-order valence-corrected chi connectivity index (χ1v) is 8.08. The minimum Gasteiger partial charge on any atom is -0.395 e. The first-order valence-electron chi connectivity index (χ1n) is 7.20. The molecule has 0 aliphatic rings. The van der Waals surface area contributed by atoms with Crippen LogP contribution in [-0.2, 0) is 6.54 Å². The second kappa shape index (κ2) is 6.90. The Morgan fingerprint density at radius 2 is 2.25 bits per heavy atom. The van der Waals surface area contributed by atoms with E-state index >= 15 is 0 Å². The van der Waals surface area contributed by atoms with Crippen molar-refractivity contribution in [3.05, 3.63) is 62.6 Å². The third-order valence-electron chi connectivity index (χ3n) is 3.51. The predicted molar refractivity (Wildman–Crippen MR) is 88.5 cm³/mol. The zero-order valence-electron chi connectivity index (χ0n) is 12.5. The molecular weight excluding hydrogens is 333 g/mol. The highest BCUT2D eigenvalue weighted by molar-refractivity contribution is 7.09. The van der Waals surface area contributed by atoms with Crippen LogP contribution in [0.4, 0.5) is 4.39 Å². The molecule has 24 heavy (non-hydrogen) atoms. The molecule has 3 aromatic rings. The topological polar surface area (TPSA) is 86.3 Å². The number of H-pyrrole nitrogens is 1. The quantitative estimate of drug-likeness (QED) is 0.736. The molecular formula is C16H14FN3O3S. The number of aromatic amines is 1. The highest BCUT2D eigenvalue weighted by atomic mass is 32.1. The number of fused-ring (bicyclic) bond motifs is 1. The second-order valence-corrected chi connectivity index (χ2v) is 6.06. The van der Waals surface area contributed by atoms with Crippen LogP contribution in [0, 0.1) is 5.82 Å². The first-order chi connectivity index (χ1) is 11.6. The number of halogens is 1. The van der Waals surface area contributed by atoms with Crippen molar-refractivity contribution in [2.45, 2.75) is 6.54 Å². The molecule has 2 aromatic heterocycles. The number of para-hydroxylation sites is 1. The number of carbonyl (C=O) groups is 1. The summed E-state index contributed by atoms with van der Waals surface area (Å²) in [6.45, 7) is 0.0490. The van der Waals surface area contributed by atoms with Crippen LogP contribution in [0.5, 0.6) is 0 Å². The number of hydrogen-bond acceptors (Lipinski definition) is 5. The van der Waals surface area contributed by atoms with Crippen molar-refractivity contribution in [1.82, 2.24) is 14.9 Å². The van der Waals surface area contributed by atoms with Gasteiger partial charge in [0, 0.05) is 29.6 Å². The highest BCUT2D eigenvalue weighted by Crippen LogP contribution is 2.15. The lowest BCUT2D eigenvalue weighted by molar-refractivity contribution is 0.0702. The van der Waals surface area contributed by atoms with Crippen LogP contribution in [0.3, 0.4) is 0 Å². The minimum atomic E-state index is -0.604. The molecule has 2 heterocycles. The van der Waals surface area contributed by atoms with Crippen molar-refractivity contribution in [2.75, 3.05) is 13.2 Å². The molecule has 8 heteroatoms. The molecule has 0 spiro atoms. The van der Waals surface area contributed by atoms with Crippen molar-refractivity contribution in [3.8, 4) is 0 Å². The SMILES string of the molecule is O=C(c1cc(=O)c2cccc(F)c2[nH]1)N(CCO)Cc1nccs1. The molecule has 0 saturated heterocycles. The van der Waals surface area contributed by atoms with Gasteiger partial charge in [0.05, 0.1) is 18.7 Å². The average molecular weight is 347 g/mol. The summed E-state index contributed by atoms with van der Waals surface area (Å²) >= 11 is 1.38. The van der Waals surface area contributed by atoms with Crippen molar-refractivity contribution in [1.29, 1.82) is 0 Å². The molecule has 0 aliphatic carbocycles. The van der Waals surface area contributed by atoms with Gasteiger partial charge in [-0.15, -0.1) is 11.3 Å². The lowest BCUT2D eigenvalue weighted by Gasteiger charge is -2.20. The lowest BCUT2D eigenvalue weighted by atomic mass is 10.1. The van der Waals surface area contributed by atoms with Gasteiger partial charge in [-0.1, -0.05) is 6.07 Å². The molecule has 0 unspecified atom stereocenters. The van der Waals surface area contributed by atoms with Gasteiger partial charge >= 0.3 is 0 Å².